The Kier molecular flexibility index (Phi) is 3.59. The summed E-state index contributed by atoms with van der Waals surface area (Å²) < 4.78 is 0. The Hall–Kier alpha value is -2.02. The van der Waals surface area contributed by atoms with E-state index in [1.165, 1.54) is 6.07 Å². The molecule has 2 amide bonds. The molecule has 1 unspecified atom stereocenters. The summed E-state index contributed by atoms with van der Waals surface area (Å²) in [6, 6.07) is 4.32. The Morgan fingerprint density at radius 3 is 2.86 bits per heavy atom. The van der Waals surface area contributed by atoms with Crippen LogP contribution in [0.15, 0.2) is 18.2 Å². The van der Waals surface area contributed by atoms with Crippen LogP contribution in [0.1, 0.15) is 22.3 Å². The van der Waals surface area contributed by atoms with E-state index in [4.69, 9.17) is 5.11 Å². The molecule has 110 valence electrons. The maximum atomic E-state index is 12.5. The second-order valence-electron chi connectivity index (χ2n) is 5.04. The maximum Gasteiger partial charge on any atom is 0.335 e. The zero-order chi connectivity index (χ0) is 15.0. The summed E-state index contributed by atoms with van der Waals surface area (Å²) in [4.78, 5) is 36.4. The topological polar surface area (TPSA) is 86.7 Å². The van der Waals surface area contributed by atoms with Crippen molar-refractivity contribution in [2.75, 3.05) is 17.2 Å². The van der Waals surface area contributed by atoms with Gasteiger partial charge in [0.2, 0.25) is 5.91 Å². The molecule has 1 aromatic carbocycles. The van der Waals surface area contributed by atoms with Crippen molar-refractivity contribution in [3.05, 3.63) is 29.3 Å². The summed E-state index contributed by atoms with van der Waals surface area (Å²) in [5, 5.41) is 11.5. The Bertz CT molecular complexity index is 631. The SMILES string of the molecule is O=C1NC(C(=O)N2CCCc3cc(C(=O)O)ccc32)CS1. The van der Waals surface area contributed by atoms with Crippen LogP contribution in [0, 0.1) is 0 Å². The first-order valence-corrected chi connectivity index (χ1v) is 7.66. The van der Waals surface area contributed by atoms with Gasteiger partial charge in [0, 0.05) is 18.0 Å². The molecule has 0 spiro atoms. The van der Waals surface area contributed by atoms with Crippen LogP contribution in [0.3, 0.4) is 0 Å². The van der Waals surface area contributed by atoms with Gasteiger partial charge >= 0.3 is 5.97 Å². The normalized spacial score (nSPS) is 20.9. The number of thioether (sulfide) groups is 1. The summed E-state index contributed by atoms with van der Waals surface area (Å²) in [7, 11) is 0. The van der Waals surface area contributed by atoms with Crippen LogP contribution >= 0.6 is 11.8 Å². The van der Waals surface area contributed by atoms with Crippen LogP contribution in [0.5, 0.6) is 0 Å². The monoisotopic (exact) mass is 306 g/mol. The summed E-state index contributed by atoms with van der Waals surface area (Å²) in [5.41, 5.74) is 1.85. The van der Waals surface area contributed by atoms with Gasteiger partial charge in [0.05, 0.1) is 5.56 Å². The van der Waals surface area contributed by atoms with Crippen LogP contribution in [-0.2, 0) is 11.2 Å². The Morgan fingerprint density at radius 1 is 1.38 bits per heavy atom. The Morgan fingerprint density at radius 2 is 2.19 bits per heavy atom. The van der Waals surface area contributed by atoms with E-state index in [0.717, 1.165) is 35.9 Å². The van der Waals surface area contributed by atoms with Crippen molar-refractivity contribution < 1.29 is 19.5 Å². The van der Waals surface area contributed by atoms with Crippen molar-refractivity contribution in [2.45, 2.75) is 18.9 Å². The first-order chi connectivity index (χ1) is 10.1. The number of aryl methyl sites for hydroxylation is 1. The fourth-order valence-corrected chi connectivity index (χ4v) is 3.43. The molecular weight excluding hydrogens is 292 g/mol. The van der Waals surface area contributed by atoms with E-state index >= 15 is 0 Å². The van der Waals surface area contributed by atoms with E-state index in [1.807, 2.05) is 0 Å². The molecule has 0 aromatic heterocycles. The minimum Gasteiger partial charge on any atom is -0.478 e. The quantitative estimate of drug-likeness (QED) is 0.864. The number of hydrogen-bond acceptors (Lipinski definition) is 4. The predicted octanol–water partition coefficient (Wildman–Crippen LogP) is 1.49. The van der Waals surface area contributed by atoms with Gasteiger partial charge in [-0.1, -0.05) is 11.8 Å². The summed E-state index contributed by atoms with van der Waals surface area (Å²) in [5.74, 6) is -0.658. The van der Waals surface area contributed by atoms with Crippen LogP contribution in [0.25, 0.3) is 0 Å². The lowest BCUT2D eigenvalue weighted by Gasteiger charge is -2.31. The third kappa shape index (κ3) is 2.61. The van der Waals surface area contributed by atoms with Gasteiger partial charge in [-0.15, -0.1) is 0 Å². The second-order valence-corrected chi connectivity index (χ2v) is 6.03. The number of carboxylic acids is 1. The largest absolute Gasteiger partial charge is 0.478 e. The number of nitrogens with zero attached hydrogens (tertiary/aromatic N) is 1. The molecule has 3 rings (SSSR count). The molecular formula is C14H14N2O4S. The molecule has 1 saturated heterocycles. The molecule has 2 N–H and O–H groups in total. The number of rotatable bonds is 2. The molecule has 1 fully saturated rings. The number of hydrogen-bond donors (Lipinski definition) is 2. The van der Waals surface area contributed by atoms with Gasteiger partial charge in [0.25, 0.3) is 5.24 Å². The van der Waals surface area contributed by atoms with Crippen LogP contribution in [-0.4, -0.2) is 40.6 Å². The summed E-state index contributed by atoms with van der Waals surface area (Å²) in [6.45, 7) is 0.593. The standard InChI is InChI=1S/C14H14N2O4S/c17-12(10-7-21-14(20)15-10)16-5-1-2-8-6-9(13(18)19)3-4-11(8)16/h3-4,6,10H,1-2,5,7H2,(H,15,20)(H,18,19). The smallest absolute Gasteiger partial charge is 0.335 e. The molecule has 0 aliphatic carbocycles. The summed E-state index contributed by atoms with van der Waals surface area (Å²) >= 11 is 1.11. The molecule has 0 saturated carbocycles. The first-order valence-electron chi connectivity index (χ1n) is 6.67. The van der Waals surface area contributed by atoms with Crippen molar-refractivity contribution in [3.63, 3.8) is 0 Å². The van der Waals surface area contributed by atoms with Gasteiger partial charge in [-0.25, -0.2) is 4.79 Å². The molecule has 2 aliphatic rings. The number of benzene rings is 1. The highest BCUT2D eigenvalue weighted by molar-refractivity contribution is 8.14. The lowest BCUT2D eigenvalue weighted by atomic mass is 9.98. The van der Waals surface area contributed by atoms with Gasteiger partial charge in [-0.05, 0) is 36.6 Å². The lowest BCUT2D eigenvalue weighted by Crippen LogP contribution is -2.47. The highest BCUT2D eigenvalue weighted by Crippen LogP contribution is 2.29. The van der Waals surface area contributed by atoms with Crippen LogP contribution < -0.4 is 10.2 Å². The average Bonchev–Trinajstić information content (AvgIpc) is 2.91. The van der Waals surface area contributed by atoms with Gasteiger partial charge in [-0.2, -0.15) is 0 Å². The van der Waals surface area contributed by atoms with E-state index in [0.29, 0.717) is 12.3 Å². The van der Waals surface area contributed by atoms with E-state index in [2.05, 4.69) is 5.32 Å². The molecule has 0 radical (unpaired) electrons. The number of carbonyl (C=O) groups is 3. The van der Waals surface area contributed by atoms with E-state index in [9.17, 15) is 14.4 Å². The first kappa shape index (κ1) is 13.9. The van der Waals surface area contributed by atoms with Gasteiger partial charge in [0.15, 0.2) is 0 Å². The summed E-state index contributed by atoms with van der Waals surface area (Å²) in [6.07, 6.45) is 1.54. The molecule has 21 heavy (non-hydrogen) atoms. The molecule has 6 nitrogen and oxygen atoms in total. The van der Waals surface area contributed by atoms with E-state index in [1.54, 1.807) is 17.0 Å². The zero-order valence-electron chi connectivity index (χ0n) is 11.2. The Balaban J connectivity index is 1.88. The number of amides is 2. The predicted molar refractivity (Wildman–Crippen MR) is 78.9 cm³/mol. The van der Waals surface area contributed by atoms with Crippen molar-refractivity contribution in [1.82, 2.24) is 5.32 Å². The fourth-order valence-electron chi connectivity index (χ4n) is 2.66. The lowest BCUT2D eigenvalue weighted by molar-refractivity contribution is -0.119. The van der Waals surface area contributed by atoms with Crippen molar-refractivity contribution >= 4 is 34.6 Å². The van der Waals surface area contributed by atoms with Crippen molar-refractivity contribution in [1.29, 1.82) is 0 Å². The maximum absolute atomic E-state index is 12.5. The van der Waals surface area contributed by atoms with E-state index in [-0.39, 0.29) is 16.7 Å². The number of aromatic carboxylic acids is 1. The van der Waals surface area contributed by atoms with E-state index < -0.39 is 12.0 Å². The second kappa shape index (κ2) is 5.40. The average molecular weight is 306 g/mol. The van der Waals surface area contributed by atoms with Crippen molar-refractivity contribution in [3.8, 4) is 0 Å². The Labute approximate surface area is 125 Å². The van der Waals surface area contributed by atoms with Crippen LogP contribution in [0.4, 0.5) is 10.5 Å². The van der Waals surface area contributed by atoms with Gasteiger partial charge in [-0.3, -0.25) is 9.59 Å². The molecule has 0 bridgehead atoms. The highest BCUT2D eigenvalue weighted by atomic mass is 32.2. The number of carboxylic acid groups (broad SMARTS) is 1. The minimum atomic E-state index is -0.972. The van der Waals surface area contributed by atoms with Gasteiger partial charge in [0.1, 0.15) is 6.04 Å². The minimum absolute atomic E-state index is 0.127. The number of carbonyl (C=O) groups excluding carboxylic acids is 2. The zero-order valence-corrected chi connectivity index (χ0v) is 12.0. The van der Waals surface area contributed by atoms with Crippen LogP contribution in [0.2, 0.25) is 0 Å². The number of anilines is 1. The third-order valence-corrected chi connectivity index (χ3v) is 4.56. The molecule has 1 aromatic rings. The number of fused-ring (bicyclic) bond motifs is 1. The number of nitrogens with one attached hydrogen (secondary N) is 1. The third-order valence-electron chi connectivity index (χ3n) is 3.68. The molecule has 7 heteroatoms. The molecule has 2 aliphatic heterocycles. The molecule has 2 heterocycles. The van der Waals surface area contributed by atoms with Gasteiger partial charge < -0.3 is 15.3 Å². The molecule has 1 atom stereocenters. The fraction of sp³-hybridized carbons (Fsp3) is 0.357. The van der Waals surface area contributed by atoms with Crippen molar-refractivity contribution in [2.24, 2.45) is 0 Å². The highest BCUT2D eigenvalue weighted by Gasteiger charge is 2.33.